The predicted octanol–water partition coefficient (Wildman–Crippen LogP) is 3.28. The zero-order chi connectivity index (χ0) is 16.4. The minimum atomic E-state index is 0.592. The number of ether oxygens (including phenoxy) is 1. The highest BCUT2D eigenvalue weighted by Crippen LogP contribution is 2.31. The van der Waals surface area contributed by atoms with Crippen molar-refractivity contribution in [1.29, 1.82) is 0 Å². The van der Waals surface area contributed by atoms with Gasteiger partial charge in [0.25, 0.3) is 0 Å². The molecule has 1 aromatic carbocycles. The number of nitrogens with zero attached hydrogens (tertiary/aromatic N) is 4. The van der Waals surface area contributed by atoms with E-state index in [1.807, 2.05) is 24.3 Å². The molecule has 1 atom stereocenters. The number of likely N-dealkylation sites (tertiary alicyclic amines) is 1. The standard InChI is InChI=1S/C18H24N4OS/c1-23-16-8-4-6-14(12-16)17-19-18(24-20-17)22-11-5-7-15(22)13-21-9-2-3-10-21/h4,6,8,12,15H,2-3,5,7,9-11,13H2,1H3/t15-/m0/s1. The molecular weight excluding hydrogens is 320 g/mol. The first-order valence-electron chi connectivity index (χ1n) is 8.80. The fraction of sp³-hybridized carbons (Fsp3) is 0.556. The summed E-state index contributed by atoms with van der Waals surface area (Å²) < 4.78 is 9.90. The van der Waals surface area contributed by atoms with E-state index < -0.39 is 0 Å². The maximum Gasteiger partial charge on any atom is 0.205 e. The van der Waals surface area contributed by atoms with E-state index in [1.165, 1.54) is 56.9 Å². The number of aromatic nitrogens is 2. The molecule has 6 heteroatoms. The molecule has 0 aliphatic carbocycles. The second-order valence-electron chi connectivity index (χ2n) is 6.63. The van der Waals surface area contributed by atoms with E-state index in [2.05, 4.69) is 14.2 Å². The van der Waals surface area contributed by atoms with Crippen molar-refractivity contribution >= 4 is 16.7 Å². The SMILES string of the molecule is COc1cccc(-c2nsc(N3CCC[C@H]3CN3CCCC3)n2)c1. The van der Waals surface area contributed by atoms with Crippen LogP contribution in [0.5, 0.6) is 5.75 Å². The van der Waals surface area contributed by atoms with Crippen LogP contribution < -0.4 is 9.64 Å². The summed E-state index contributed by atoms with van der Waals surface area (Å²) in [6.45, 7) is 4.80. The fourth-order valence-corrected chi connectivity index (χ4v) is 4.54. The first kappa shape index (κ1) is 15.8. The van der Waals surface area contributed by atoms with Crippen LogP contribution in [0.1, 0.15) is 25.7 Å². The molecule has 1 aromatic heterocycles. The van der Waals surface area contributed by atoms with Crippen LogP contribution in [-0.2, 0) is 0 Å². The summed E-state index contributed by atoms with van der Waals surface area (Å²) in [5.74, 6) is 1.65. The second-order valence-corrected chi connectivity index (χ2v) is 7.36. The Balaban J connectivity index is 1.50. The molecule has 0 radical (unpaired) electrons. The Morgan fingerprint density at radius 1 is 1.21 bits per heavy atom. The van der Waals surface area contributed by atoms with Crippen molar-refractivity contribution in [3.8, 4) is 17.1 Å². The highest BCUT2D eigenvalue weighted by atomic mass is 32.1. The lowest BCUT2D eigenvalue weighted by atomic mass is 10.2. The van der Waals surface area contributed by atoms with Gasteiger partial charge in [0.15, 0.2) is 5.82 Å². The minimum Gasteiger partial charge on any atom is -0.497 e. The molecule has 4 rings (SSSR count). The molecule has 0 bridgehead atoms. The van der Waals surface area contributed by atoms with Crippen molar-refractivity contribution in [2.24, 2.45) is 0 Å². The van der Waals surface area contributed by atoms with Gasteiger partial charge in [-0.2, -0.15) is 9.36 Å². The minimum absolute atomic E-state index is 0.592. The summed E-state index contributed by atoms with van der Waals surface area (Å²) >= 11 is 1.52. The van der Waals surface area contributed by atoms with E-state index in [0.29, 0.717) is 6.04 Å². The summed E-state index contributed by atoms with van der Waals surface area (Å²) in [6, 6.07) is 8.57. The number of benzene rings is 1. The third kappa shape index (κ3) is 3.26. The second kappa shape index (κ2) is 7.07. The molecule has 0 unspecified atom stereocenters. The average molecular weight is 344 g/mol. The summed E-state index contributed by atoms with van der Waals surface area (Å²) in [5, 5.41) is 1.06. The number of rotatable bonds is 5. The topological polar surface area (TPSA) is 41.5 Å². The number of anilines is 1. The van der Waals surface area contributed by atoms with Crippen LogP contribution in [0.4, 0.5) is 5.13 Å². The van der Waals surface area contributed by atoms with Crippen molar-refractivity contribution in [3.05, 3.63) is 24.3 Å². The van der Waals surface area contributed by atoms with Gasteiger partial charge in [0.2, 0.25) is 5.13 Å². The molecule has 128 valence electrons. The highest BCUT2D eigenvalue weighted by Gasteiger charge is 2.29. The Hall–Kier alpha value is -1.66. The van der Waals surface area contributed by atoms with E-state index in [1.54, 1.807) is 7.11 Å². The molecule has 3 heterocycles. The van der Waals surface area contributed by atoms with Gasteiger partial charge in [-0.25, -0.2) is 0 Å². The normalized spacial score (nSPS) is 21.5. The van der Waals surface area contributed by atoms with E-state index in [0.717, 1.165) is 28.8 Å². The number of hydrogen-bond acceptors (Lipinski definition) is 6. The Kier molecular flexibility index (Phi) is 4.67. The zero-order valence-corrected chi connectivity index (χ0v) is 15.0. The van der Waals surface area contributed by atoms with Gasteiger partial charge in [-0.3, -0.25) is 0 Å². The molecule has 2 fully saturated rings. The zero-order valence-electron chi connectivity index (χ0n) is 14.1. The summed E-state index contributed by atoms with van der Waals surface area (Å²) in [4.78, 5) is 9.90. The summed E-state index contributed by atoms with van der Waals surface area (Å²) in [7, 11) is 1.69. The third-order valence-electron chi connectivity index (χ3n) is 5.03. The molecule has 0 spiro atoms. The molecule has 0 saturated carbocycles. The van der Waals surface area contributed by atoms with Crippen molar-refractivity contribution in [2.45, 2.75) is 31.7 Å². The van der Waals surface area contributed by atoms with Crippen LogP contribution in [0.3, 0.4) is 0 Å². The molecule has 0 N–H and O–H groups in total. The maximum atomic E-state index is 5.31. The highest BCUT2D eigenvalue weighted by molar-refractivity contribution is 7.09. The van der Waals surface area contributed by atoms with Crippen molar-refractivity contribution in [2.75, 3.05) is 38.2 Å². The van der Waals surface area contributed by atoms with Gasteiger partial charge in [0, 0.05) is 36.2 Å². The number of hydrogen-bond donors (Lipinski definition) is 0. The smallest absolute Gasteiger partial charge is 0.205 e. The Bertz CT molecular complexity index is 683. The van der Waals surface area contributed by atoms with Gasteiger partial charge in [-0.05, 0) is 50.9 Å². The first-order chi connectivity index (χ1) is 11.8. The van der Waals surface area contributed by atoms with E-state index in [9.17, 15) is 0 Å². The van der Waals surface area contributed by atoms with Gasteiger partial charge in [0.05, 0.1) is 7.11 Å². The van der Waals surface area contributed by atoms with Crippen molar-refractivity contribution in [1.82, 2.24) is 14.3 Å². The van der Waals surface area contributed by atoms with Crippen LogP contribution in [0.2, 0.25) is 0 Å². The molecule has 2 aromatic rings. The van der Waals surface area contributed by atoms with Gasteiger partial charge in [-0.1, -0.05) is 12.1 Å². The Labute approximate surface area is 147 Å². The number of methoxy groups -OCH3 is 1. The first-order valence-corrected chi connectivity index (χ1v) is 9.58. The Morgan fingerprint density at radius 2 is 2.08 bits per heavy atom. The predicted molar refractivity (Wildman–Crippen MR) is 97.9 cm³/mol. The summed E-state index contributed by atoms with van der Waals surface area (Å²) in [6.07, 6.45) is 5.23. The van der Waals surface area contributed by atoms with Crippen LogP contribution in [-0.4, -0.2) is 53.6 Å². The largest absolute Gasteiger partial charge is 0.497 e. The van der Waals surface area contributed by atoms with Crippen molar-refractivity contribution < 1.29 is 4.74 Å². The van der Waals surface area contributed by atoms with Gasteiger partial charge < -0.3 is 14.5 Å². The lowest BCUT2D eigenvalue weighted by molar-refractivity contribution is 0.314. The van der Waals surface area contributed by atoms with Gasteiger partial charge in [0.1, 0.15) is 5.75 Å². The van der Waals surface area contributed by atoms with Crippen LogP contribution in [0.25, 0.3) is 11.4 Å². The van der Waals surface area contributed by atoms with Crippen LogP contribution in [0, 0.1) is 0 Å². The van der Waals surface area contributed by atoms with E-state index >= 15 is 0 Å². The summed E-state index contributed by atoms with van der Waals surface area (Å²) in [5.41, 5.74) is 1.02. The molecule has 5 nitrogen and oxygen atoms in total. The van der Waals surface area contributed by atoms with E-state index in [4.69, 9.17) is 9.72 Å². The average Bonchev–Trinajstić information content (AvgIpc) is 3.36. The van der Waals surface area contributed by atoms with Crippen molar-refractivity contribution in [3.63, 3.8) is 0 Å². The lowest BCUT2D eigenvalue weighted by Gasteiger charge is -2.27. The molecule has 24 heavy (non-hydrogen) atoms. The Morgan fingerprint density at radius 3 is 2.92 bits per heavy atom. The van der Waals surface area contributed by atoms with E-state index in [-0.39, 0.29) is 0 Å². The molecule has 2 aliphatic heterocycles. The monoisotopic (exact) mass is 344 g/mol. The molecule has 0 amide bonds. The van der Waals surface area contributed by atoms with Gasteiger partial charge in [-0.15, -0.1) is 0 Å². The van der Waals surface area contributed by atoms with Crippen LogP contribution in [0.15, 0.2) is 24.3 Å². The molecule has 2 aliphatic rings. The van der Waals surface area contributed by atoms with Gasteiger partial charge >= 0.3 is 0 Å². The molecular formula is C18H24N4OS. The third-order valence-corrected chi connectivity index (χ3v) is 5.79. The maximum absolute atomic E-state index is 5.31. The van der Waals surface area contributed by atoms with Crippen LogP contribution >= 0.6 is 11.5 Å². The fourth-order valence-electron chi connectivity index (χ4n) is 3.75. The molecule has 2 saturated heterocycles. The lowest BCUT2D eigenvalue weighted by Crippen LogP contribution is -2.39. The quantitative estimate of drug-likeness (QED) is 0.833.